The lowest BCUT2D eigenvalue weighted by Crippen LogP contribution is -2.14. The lowest BCUT2D eigenvalue weighted by atomic mass is 10.0. The highest BCUT2D eigenvalue weighted by molar-refractivity contribution is 6.31. The summed E-state index contributed by atoms with van der Waals surface area (Å²) >= 11 is 5.80. The molecule has 1 atom stereocenters. The third-order valence-electron chi connectivity index (χ3n) is 2.24. The van der Waals surface area contributed by atoms with Gasteiger partial charge in [0.2, 0.25) is 0 Å². The van der Waals surface area contributed by atoms with Crippen molar-refractivity contribution in [2.24, 2.45) is 5.73 Å². The van der Waals surface area contributed by atoms with Crippen LogP contribution in [-0.4, -0.2) is 18.8 Å². The maximum absolute atomic E-state index is 13.4. The Morgan fingerprint density at radius 3 is 2.73 bits per heavy atom. The molecule has 0 aromatic heterocycles. The van der Waals surface area contributed by atoms with E-state index in [4.69, 9.17) is 22.1 Å². The molecule has 1 unspecified atom stereocenters. The molecule has 5 heteroatoms. The standard InChI is InChI=1S/C10H13ClFNO2/c1-5-6(11)3-7(12)10(15-2)9(5)8(14)4-13/h3,8,14H,4,13H2,1-2H3. The molecular weight excluding hydrogens is 221 g/mol. The van der Waals surface area contributed by atoms with E-state index in [1.807, 2.05) is 0 Å². The number of hydrogen-bond acceptors (Lipinski definition) is 3. The zero-order valence-electron chi connectivity index (χ0n) is 8.55. The van der Waals surface area contributed by atoms with Crippen LogP contribution in [0.4, 0.5) is 4.39 Å². The maximum atomic E-state index is 13.4. The molecule has 84 valence electrons. The summed E-state index contributed by atoms with van der Waals surface area (Å²) in [6.45, 7) is 1.66. The first-order valence-corrected chi connectivity index (χ1v) is 4.81. The van der Waals surface area contributed by atoms with E-state index >= 15 is 0 Å². The molecule has 1 aromatic rings. The largest absolute Gasteiger partial charge is 0.493 e. The molecule has 0 heterocycles. The van der Waals surface area contributed by atoms with Gasteiger partial charge in [-0.15, -0.1) is 0 Å². The monoisotopic (exact) mass is 233 g/mol. The van der Waals surface area contributed by atoms with Crippen molar-refractivity contribution in [1.29, 1.82) is 0 Å². The number of methoxy groups -OCH3 is 1. The second kappa shape index (κ2) is 4.79. The van der Waals surface area contributed by atoms with Crippen LogP contribution in [0.1, 0.15) is 17.2 Å². The number of ether oxygens (including phenoxy) is 1. The third kappa shape index (κ3) is 2.22. The normalized spacial score (nSPS) is 12.7. The number of benzene rings is 1. The molecule has 3 N–H and O–H groups in total. The Kier molecular flexibility index (Phi) is 3.90. The van der Waals surface area contributed by atoms with Crippen LogP contribution in [0, 0.1) is 12.7 Å². The lowest BCUT2D eigenvalue weighted by Gasteiger charge is -2.17. The fourth-order valence-electron chi connectivity index (χ4n) is 1.44. The topological polar surface area (TPSA) is 55.5 Å². The molecule has 1 aromatic carbocycles. The smallest absolute Gasteiger partial charge is 0.166 e. The summed E-state index contributed by atoms with van der Waals surface area (Å²) in [5, 5.41) is 9.89. The van der Waals surface area contributed by atoms with Gasteiger partial charge in [0.25, 0.3) is 0 Å². The number of halogens is 2. The molecule has 0 aliphatic rings. The van der Waals surface area contributed by atoms with E-state index in [0.29, 0.717) is 11.1 Å². The van der Waals surface area contributed by atoms with Crippen molar-refractivity contribution in [2.45, 2.75) is 13.0 Å². The molecule has 1 rings (SSSR count). The van der Waals surface area contributed by atoms with Crippen molar-refractivity contribution in [3.63, 3.8) is 0 Å². The second-order valence-corrected chi connectivity index (χ2v) is 3.57. The van der Waals surface area contributed by atoms with E-state index in [9.17, 15) is 9.50 Å². The predicted molar refractivity (Wildman–Crippen MR) is 56.7 cm³/mol. The molecule has 15 heavy (non-hydrogen) atoms. The third-order valence-corrected chi connectivity index (χ3v) is 2.63. The summed E-state index contributed by atoms with van der Waals surface area (Å²) in [5.41, 5.74) is 6.21. The Bertz CT molecular complexity index is 371. The first-order valence-electron chi connectivity index (χ1n) is 4.43. The average molecular weight is 234 g/mol. The summed E-state index contributed by atoms with van der Waals surface area (Å²) < 4.78 is 18.3. The molecule has 0 fully saturated rings. The summed E-state index contributed by atoms with van der Waals surface area (Å²) in [5.74, 6) is -0.606. The molecule has 0 radical (unpaired) electrons. The van der Waals surface area contributed by atoms with E-state index in [1.165, 1.54) is 7.11 Å². The van der Waals surface area contributed by atoms with Crippen molar-refractivity contribution >= 4 is 11.6 Å². The second-order valence-electron chi connectivity index (χ2n) is 3.16. The average Bonchev–Trinajstić information content (AvgIpc) is 2.21. The van der Waals surface area contributed by atoms with Crippen LogP contribution in [0.3, 0.4) is 0 Å². The number of aliphatic hydroxyl groups is 1. The van der Waals surface area contributed by atoms with Gasteiger partial charge in [0.1, 0.15) is 0 Å². The van der Waals surface area contributed by atoms with E-state index in [1.54, 1.807) is 6.92 Å². The summed E-state index contributed by atoms with van der Waals surface area (Å²) in [4.78, 5) is 0. The van der Waals surface area contributed by atoms with E-state index in [-0.39, 0.29) is 17.3 Å². The molecule has 0 saturated carbocycles. The molecule has 3 nitrogen and oxygen atoms in total. The lowest BCUT2D eigenvalue weighted by molar-refractivity contribution is 0.180. The van der Waals surface area contributed by atoms with Crippen molar-refractivity contribution in [3.05, 3.63) is 28.0 Å². The molecular formula is C10H13ClFNO2. The van der Waals surface area contributed by atoms with Gasteiger partial charge in [-0.2, -0.15) is 0 Å². The number of aliphatic hydroxyl groups excluding tert-OH is 1. The summed E-state index contributed by atoms with van der Waals surface area (Å²) in [7, 11) is 1.33. The maximum Gasteiger partial charge on any atom is 0.166 e. The van der Waals surface area contributed by atoms with Gasteiger partial charge < -0.3 is 15.6 Å². The highest BCUT2D eigenvalue weighted by atomic mass is 35.5. The van der Waals surface area contributed by atoms with Crippen LogP contribution >= 0.6 is 11.6 Å². The van der Waals surface area contributed by atoms with Crippen LogP contribution in [0.5, 0.6) is 5.75 Å². The SMILES string of the molecule is COc1c(F)cc(Cl)c(C)c1C(O)CN. The summed E-state index contributed by atoms with van der Waals surface area (Å²) in [6.07, 6.45) is -0.979. The molecule has 0 amide bonds. The van der Waals surface area contributed by atoms with E-state index in [2.05, 4.69) is 0 Å². The molecule has 0 aliphatic heterocycles. The zero-order valence-corrected chi connectivity index (χ0v) is 9.31. The van der Waals surface area contributed by atoms with Gasteiger partial charge in [-0.1, -0.05) is 11.6 Å². The minimum Gasteiger partial charge on any atom is -0.493 e. The van der Waals surface area contributed by atoms with Gasteiger partial charge in [-0.05, 0) is 18.6 Å². The highest BCUT2D eigenvalue weighted by Crippen LogP contribution is 2.35. The molecule has 0 spiro atoms. The fraction of sp³-hybridized carbons (Fsp3) is 0.400. The van der Waals surface area contributed by atoms with Crippen LogP contribution in [-0.2, 0) is 0 Å². The van der Waals surface area contributed by atoms with Crippen molar-refractivity contribution in [3.8, 4) is 5.75 Å². The minimum atomic E-state index is -0.979. The molecule has 0 saturated heterocycles. The fourth-order valence-corrected chi connectivity index (χ4v) is 1.64. The van der Waals surface area contributed by atoms with Crippen molar-refractivity contribution in [1.82, 2.24) is 0 Å². The number of hydrogen-bond donors (Lipinski definition) is 2. The summed E-state index contributed by atoms with van der Waals surface area (Å²) in [6, 6.07) is 1.16. The van der Waals surface area contributed by atoms with Gasteiger partial charge in [0.15, 0.2) is 11.6 Å². The molecule has 0 aliphatic carbocycles. The Balaban J connectivity index is 3.43. The van der Waals surface area contributed by atoms with Gasteiger partial charge in [0, 0.05) is 17.1 Å². The number of rotatable bonds is 3. The van der Waals surface area contributed by atoms with Gasteiger partial charge in [0.05, 0.1) is 13.2 Å². The quantitative estimate of drug-likeness (QED) is 0.837. The van der Waals surface area contributed by atoms with Gasteiger partial charge >= 0.3 is 0 Å². The Hall–Kier alpha value is -0.840. The Morgan fingerprint density at radius 2 is 2.27 bits per heavy atom. The zero-order chi connectivity index (χ0) is 11.6. The first kappa shape index (κ1) is 12.2. The van der Waals surface area contributed by atoms with Crippen LogP contribution in [0.15, 0.2) is 6.07 Å². The van der Waals surface area contributed by atoms with Gasteiger partial charge in [-0.3, -0.25) is 0 Å². The Morgan fingerprint density at radius 1 is 1.67 bits per heavy atom. The number of nitrogens with two attached hydrogens (primary N) is 1. The molecule has 0 bridgehead atoms. The van der Waals surface area contributed by atoms with Crippen molar-refractivity contribution < 1.29 is 14.2 Å². The van der Waals surface area contributed by atoms with Crippen LogP contribution < -0.4 is 10.5 Å². The van der Waals surface area contributed by atoms with E-state index in [0.717, 1.165) is 6.07 Å². The highest BCUT2D eigenvalue weighted by Gasteiger charge is 2.20. The van der Waals surface area contributed by atoms with Crippen molar-refractivity contribution in [2.75, 3.05) is 13.7 Å². The first-order chi connectivity index (χ1) is 7.02. The van der Waals surface area contributed by atoms with Crippen LogP contribution in [0.25, 0.3) is 0 Å². The Labute approximate surface area is 92.6 Å². The van der Waals surface area contributed by atoms with E-state index < -0.39 is 11.9 Å². The minimum absolute atomic E-state index is 0.00477. The van der Waals surface area contributed by atoms with Crippen LogP contribution in [0.2, 0.25) is 5.02 Å². The van der Waals surface area contributed by atoms with Gasteiger partial charge in [-0.25, -0.2) is 4.39 Å². The predicted octanol–water partition coefficient (Wildman–Crippen LogP) is 1.79.